The zero-order valence-corrected chi connectivity index (χ0v) is 20.3. The van der Waals surface area contributed by atoms with Crippen LogP contribution in [0.15, 0.2) is 42.5 Å². The van der Waals surface area contributed by atoms with Crippen LogP contribution in [0.1, 0.15) is 36.0 Å². The Balaban J connectivity index is 1.55. The van der Waals surface area contributed by atoms with Crippen LogP contribution in [-0.4, -0.2) is 60.5 Å². The zero-order chi connectivity index (χ0) is 28.6. The van der Waals surface area contributed by atoms with Crippen molar-refractivity contribution in [2.45, 2.75) is 56.9 Å². The Morgan fingerprint density at radius 2 is 1.59 bits per heavy atom. The van der Waals surface area contributed by atoms with Gasteiger partial charge in [0.1, 0.15) is 17.2 Å². The van der Waals surface area contributed by atoms with E-state index in [0.29, 0.717) is 25.7 Å². The molecular formula is C24H27F6N3O6. The smallest absolute Gasteiger partial charge is 0.490 e. The highest BCUT2D eigenvalue weighted by molar-refractivity contribution is 5.97. The van der Waals surface area contributed by atoms with Crippen LogP contribution in [0.25, 0.3) is 0 Å². The summed E-state index contributed by atoms with van der Waals surface area (Å²) in [5.74, 6) is -1.76. The summed E-state index contributed by atoms with van der Waals surface area (Å²) >= 11 is 0. The van der Waals surface area contributed by atoms with Crippen LogP contribution in [0, 0.1) is 0 Å². The third-order valence-corrected chi connectivity index (χ3v) is 5.56. The fourth-order valence-electron chi connectivity index (χ4n) is 3.98. The zero-order valence-electron chi connectivity index (χ0n) is 20.3. The van der Waals surface area contributed by atoms with E-state index in [1.54, 1.807) is 0 Å². The molecule has 1 saturated carbocycles. The van der Waals surface area contributed by atoms with E-state index in [2.05, 4.69) is 25.4 Å². The van der Waals surface area contributed by atoms with Gasteiger partial charge in [-0.05, 0) is 56.0 Å². The minimum atomic E-state index is -4.95. The fourth-order valence-corrected chi connectivity index (χ4v) is 3.98. The van der Waals surface area contributed by atoms with Crippen molar-refractivity contribution in [3.63, 3.8) is 0 Å². The Morgan fingerprint density at radius 3 is 2.21 bits per heavy atom. The third kappa shape index (κ3) is 10.3. The Bertz CT molecular complexity index is 1090. The first-order valence-electron chi connectivity index (χ1n) is 11.8. The number of ether oxygens (including phenoxy) is 3. The molecule has 2 aromatic carbocycles. The number of carbonyl (C=O) groups excluding carboxylic acids is 1. The molecule has 0 aliphatic heterocycles. The molecule has 3 rings (SSSR count). The van der Waals surface area contributed by atoms with Gasteiger partial charge in [-0.15, -0.1) is 26.3 Å². The highest BCUT2D eigenvalue weighted by Crippen LogP contribution is 2.32. The van der Waals surface area contributed by atoms with E-state index in [-0.39, 0.29) is 42.3 Å². The molecule has 0 saturated heterocycles. The number of anilines is 1. The second kappa shape index (κ2) is 13.1. The van der Waals surface area contributed by atoms with Gasteiger partial charge >= 0.3 is 12.7 Å². The minimum Gasteiger partial charge on any atom is -0.490 e. The van der Waals surface area contributed by atoms with Gasteiger partial charge in [0, 0.05) is 24.3 Å². The lowest BCUT2D eigenvalue weighted by atomic mass is 9.93. The van der Waals surface area contributed by atoms with Crippen LogP contribution in [-0.2, 0) is 0 Å². The molecule has 1 fully saturated rings. The van der Waals surface area contributed by atoms with Crippen LogP contribution >= 0.6 is 0 Å². The summed E-state index contributed by atoms with van der Waals surface area (Å²) in [7, 11) is 0. The molecule has 0 aromatic heterocycles. The lowest BCUT2D eigenvalue weighted by Gasteiger charge is -2.31. The number of carbonyl (C=O) groups is 1. The molecule has 1 atom stereocenters. The summed E-state index contributed by atoms with van der Waals surface area (Å²) < 4.78 is 88.7. The SMILES string of the molecule is O=C(NCCO)c1cc(OC(F)(F)F)ccc1OC1CCC(NC(O)Nc2cccc(OC(F)(F)F)c2)CC1. The van der Waals surface area contributed by atoms with E-state index >= 15 is 0 Å². The van der Waals surface area contributed by atoms with Crippen LogP contribution < -0.4 is 30.2 Å². The lowest BCUT2D eigenvalue weighted by molar-refractivity contribution is -0.275. The van der Waals surface area contributed by atoms with Crippen molar-refractivity contribution < 1.29 is 55.6 Å². The Morgan fingerprint density at radius 1 is 0.949 bits per heavy atom. The second-order valence-corrected chi connectivity index (χ2v) is 8.57. The largest absolute Gasteiger partial charge is 0.573 e. The molecular weight excluding hydrogens is 540 g/mol. The van der Waals surface area contributed by atoms with Gasteiger partial charge in [-0.2, -0.15) is 0 Å². The van der Waals surface area contributed by atoms with Crippen molar-refractivity contribution in [1.82, 2.24) is 10.6 Å². The van der Waals surface area contributed by atoms with Gasteiger partial charge in [-0.25, -0.2) is 0 Å². The van der Waals surface area contributed by atoms with Crippen LogP contribution in [0.3, 0.4) is 0 Å². The first kappa shape index (κ1) is 30.1. The number of alkyl halides is 6. The molecule has 0 radical (unpaired) electrons. The number of halogens is 6. The number of amides is 1. The minimum absolute atomic E-state index is 0.0408. The summed E-state index contributed by atoms with van der Waals surface area (Å²) in [4.78, 5) is 12.4. The molecule has 1 unspecified atom stereocenters. The van der Waals surface area contributed by atoms with Gasteiger partial charge < -0.3 is 35.1 Å². The topological polar surface area (TPSA) is 121 Å². The molecule has 0 bridgehead atoms. The number of nitrogens with one attached hydrogen (secondary N) is 3. The van der Waals surface area contributed by atoms with Crippen LogP contribution in [0.4, 0.5) is 32.0 Å². The van der Waals surface area contributed by atoms with E-state index < -0.39 is 36.5 Å². The predicted octanol–water partition coefficient (Wildman–Crippen LogP) is 3.87. The highest BCUT2D eigenvalue weighted by Gasteiger charge is 2.33. The summed E-state index contributed by atoms with van der Waals surface area (Å²) in [5.41, 5.74) is 0.000488. The molecule has 15 heteroatoms. The van der Waals surface area contributed by atoms with Crippen molar-refractivity contribution in [2.75, 3.05) is 18.5 Å². The molecule has 0 heterocycles. The maximum Gasteiger partial charge on any atom is 0.573 e. The number of benzene rings is 2. The van der Waals surface area contributed by atoms with E-state index in [1.165, 1.54) is 18.2 Å². The van der Waals surface area contributed by atoms with Gasteiger partial charge in [0.2, 0.25) is 0 Å². The van der Waals surface area contributed by atoms with Crippen molar-refractivity contribution in [1.29, 1.82) is 0 Å². The van der Waals surface area contributed by atoms with Crippen molar-refractivity contribution in [3.8, 4) is 17.2 Å². The van der Waals surface area contributed by atoms with Crippen LogP contribution in [0.5, 0.6) is 17.2 Å². The third-order valence-electron chi connectivity index (χ3n) is 5.56. The molecule has 5 N–H and O–H groups in total. The number of aliphatic hydroxyl groups is 2. The van der Waals surface area contributed by atoms with Crippen molar-refractivity contribution >= 4 is 11.6 Å². The maximum atomic E-state index is 12.6. The number of aliphatic hydroxyl groups excluding tert-OH is 2. The fraction of sp³-hybridized carbons (Fsp3) is 0.458. The number of hydrogen-bond donors (Lipinski definition) is 5. The summed E-state index contributed by atoms with van der Waals surface area (Å²) in [6.07, 6.45) is -9.50. The van der Waals surface area contributed by atoms with E-state index in [0.717, 1.165) is 24.3 Å². The monoisotopic (exact) mass is 567 g/mol. The molecule has 9 nitrogen and oxygen atoms in total. The summed E-state index contributed by atoms with van der Waals surface area (Å²) in [5, 5.41) is 27.1. The Kier molecular flexibility index (Phi) is 10.1. The standard InChI is InChI=1S/C24H27F6N3O6/c25-23(26,27)38-17-3-1-2-15(12-17)33-22(36)32-14-4-6-16(7-5-14)37-20-9-8-18(39-24(28,29)30)13-19(20)21(35)31-10-11-34/h1-3,8-9,12-14,16,22,32-34,36H,4-7,10-11H2,(H,31,35). The average molecular weight is 567 g/mol. The molecule has 216 valence electrons. The second-order valence-electron chi connectivity index (χ2n) is 8.57. The molecule has 1 aliphatic rings. The average Bonchev–Trinajstić information content (AvgIpc) is 2.83. The summed E-state index contributed by atoms with van der Waals surface area (Å²) in [6, 6.07) is 7.94. The molecule has 2 aromatic rings. The van der Waals surface area contributed by atoms with E-state index in [9.17, 15) is 36.2 Å². The summed E-state index contributed by atoms with van der Waals surface area (Å²) in [6.45, 7) is -0.486. The normalized spacial score (nSPS) is 18.7. The quantitative estimate of drug-likeness (QED) is 0.205. The lowest BCUT2D eigenvalue weighted by Crippen LogP contribution is -2.45. The van der Waals surface area contributed by atoms with Gasteiger partial charge in [-0.1, -0.05) is 6.07 Å². The van der Waals surface area contributed by atoms with E-state index in [4.69, 9.17) is 9.84 Å². The molecule has 0 spiro atoms. The van der Waals surface area contributed by atoms with Crippen molar-refractivity contribution in [2.24, 2.45) is 0 Å². The first-order valence-corrected chi connectivity index (χ1v) is 11.8. The maximum absolute atomic E-state index is 12.6. The van der Waals surface area contributed by atoms with E-state index in [1.807, 2.05) is 0 Å². The first-order chi connectivity index (χ1) is 18.3. The van der Waals surface area contributed by atoms with Gasteiger partial charge in [0.15, 0.2) is 6.35 Å². The van der Waals surface area contributed by atoms with Gasteiger partial charge in [0.25, 0.3) is 5.91 Å². The molecule has 1 aliphatic carbocycles. The predicted molar refractivity (Wildman–Crippen MR) is 125 cm³/mol. The number of rotatable bonds is 11. The molecule has 39 heavy (non-hydrogen) atoms. The van der Waals surface area contributed by atoms with Gasteiger partial charge in [0.05, 0.1) is 18.3 Å². The van der Waals surface area contributed by atoms with Crippen molar-refractivity contribution in [3.05, 3.63) is 48.0 Å². The number of hydrogen-bond acceptors (Lipinski definition) is 8. The Labute approximate surface area is 219 Å². The molecule has 1 amide bonds. The Hall–Kier alpha value is -3.43. The highest BCUT2D eigenvalue weighted by atomic mass is 19.4. The van der Waals surface area contributed by atoms with Gasteiger partial charge in [-0.3, -0.25) is 10.1 Å². The van der Waals surface area contributed by atoms with Crippen LogP contribution in [0.2, 0.25) is 0 Å².